The number of nitrogens with two attached hydrogens (primary N) is 2. The SMILES string of the molecule is CN(Cc1cnc2nc(N)nc(N)c2n1)c1ccc(C(=O)NC(C/C=C/C(=O)O)C(=O)O)cc1. The van der Waals surface area contributed by atoms with Gasteiger partial charge in [-0.15, -0.1) is 0 Å². The summed E-state index contributed by atoms with van der Waals surface area (Å²) in [6.07, 6.45) is 3.38. The van der Waals surface area contributed by atoms with Gasteiger partial charge in [0.1, 0.15) is 6.04 Å². The summed E-state index contributed by atoms with van der Waals surface area (Å²) in [6.45, 7) is 0.370. The summed E-state index contributed by atoms with van der Waals surface area (Å²) in [4.78, 5) is 52.7. The van der Waals surface area contributed by atoms with Gasteiger partial charge in [-0.3, -0.25) is 4.79 Å². The summed E-state index contributed by atoms with van der Waals surface area (Å²) in [5.74, 6) is -2.93. The Balaban J connectivity index is 1.67. The molecule has 13 heteroatoms. The van der Waals surface area contributed by atoms with Crippen LogP contribution in [0.3, 0.4) is 0 Å². The Bertz CT molecular complexity index is 1260. The van der Waals surface area contributed by atoms with Crippen molar-refractivity contribution in [1.82, 2.24) is 25.3 Å². The van der Waals surface area contributed by atoms with Crippen molar-refractivity contribution >= 4 is 46.5 Å². The van der Waals surface area contributed by atoms with Crippen LogP contribution in [0.1, 0.15) is 22.5 Å². The lowest BCUT2D eigenvalue weighted by Crippen LogP contribution is -2.40. The van der Waals surface area contributed by atoms with E-state index in [1.54, 1.807) is 30.5 Å². The highest BCUT2D eigenvalue weighted by Gasteiger charge is 2.19. The molecule has 0 radical (unpaired) electrons. The fourth-order valence-corrected chi connectivity index (χ4v) is 3.03. The normalized spacial score (nSPS) is 11.9. The van der Waals surface area contributed by atoms with Crippen LogP contribution in [-0.4, -0.2) is 61.1 Å². The molecule has 1 aromatic carbocycles. The molecule has 0 aliphatic heterocycles. The molecule has 2 aromatic heterocycles. The summed E-state index contributed by atoms with van der Waals surface area (Å²) in [7, 11) is 1.82. The molecular formula is C21H22N8O5. The third-order valence-corrected chi connectivity index (χ3v) is 4.71. The second-order valence-corrected chi connectivity index (χ2v) is 7.24. The number of anilines is 3. The molecule has 0 aliphatic rings. The second kappa shape index (κ2) is 10.2. The van der Waals surface area contributed by atoms with Gasteiger partial charge in [-0.25, -0.2) is 19.6 Å². The molecule has 0 aliphatic carbocycles. The number of hydrogen-bond donors (Lipinski definition) is 5. The molecule has 2 heterocycles. The molecule has 7 N–H and O–H groups in total. The number of aliphatic carboxylic acids is 2. The number of aromatic nitrogens is 4. The van der Waals surface area contributed by atoms with Crippen LogP contribution in [0.25, 0.3) is 11.2 Å². The van der Waals surface area contributed by atoms with E-state index in [2.05, 4.69) is 25.3 Å². The molecule has 0 spiro atoms. The van der Waals surface area contributed by atoms with E-state index in [1.807, 2.05) is 11.9 Å². The smallest absolute Gasteiger partial charge is 0.327 e. The van der Waals surface area contributed by atoms with Crippen LogP contribution in [-0.2, 0) is 16.1 Å². The monoisotopic (exact) mass is 466 g/mol. The predicted molar refractivity (Wildman–Crippen MR) is 123 cm³/mol. The van der Waals surface area contributed by atoms with Crippen LogP contribution >= 0.6 is 0 Å². The van der Waals surface area contributed by atoms with Gasteiger partial charge in [0.05, 0.1) is 18.4 Å². The Labute approximate surface area is 193 Å². The molecule has 13 nitrogen and oxygen atoms in total. The molecule has 0 saturated heterocycles. The first-order valence-corrected chi connectivity index (χ1v) is 9.93. The number of fused-ring (bicyclic) bond motifs is 1. The molecule has 0 fully saturated rings. The largest absolute Gasteiger partial charge is 0.480 e. The average molecular weight is 466 g/mol. The van der Waals surface area contributed by atoms with Crippen molar-refractivity contribution in [3.8, 4) is 0 Å². The molecule has 34 heavy (non-hydrogen) atoms. The number of amides is 1. The summed E-state index contributed by atoms with van der Waals surface area (Å²) >= 11 is 0. The van der Waals surface area contributed by atoms with Crippen LogP contribution in [0, 0.1) is 0 Å². The Hall–Kier alpha value is -4.81. The number of carboxylic acid groups (broad SMARTS) is 2. The lowest BCUT2D eigenvalue weighted by atomic mass is 10.1. The third kappa shape index (κ3) is 5.91. The number of hydrogen-bond acceptors (Lipinski definition) is 10. The summed E-state index contributed by atoms with van der Waals surface area (Å²) < 4.78 is 0. The zero-order valence-corrected chi connectivity index (χ0v) is 18.0. The standard InChI is InChI=1S/C21H22N8O5/c1-29(10-12-9-24-18-16(25-12)17(22)27-21(23)28-18)13-7-5-11(6-8-13)19(32)26-14(20(33)34)3-2-4-15(30)31/h2,4-9,14H,3,10H2,1H3,(H,26,32)(H,30,31)(H,33,34)(H4,22,23,24,27,28)/b4-2+. The number of rotatable bonds is 9. The number of benzene rings is 1. The maximum absolute atomic E-state index is 12.4. The van der Waals surface area contributed by atoms with E-state index in [1.165, 1.54) is 6.08 Å². The van der Waals surface area contributed by atoms with E-state index in [0.29, 0.717) is 23.4 Å². The number of carbonyl (C=O) groups is 3. The van der Waals surface area contributed by atoms with E-state index < -0.39 is 23.9 Å². The first kappa shape index (κ1) is 23.8. The van der Waals surface area contributed by atoms with Gasteiger partial charge in [0.25, 0.3) is 5.91 Å². The van der Waals surface area contributed by atoms with Crippen molar-refractivity contribution in [2.45, 2.75) is 19.0 Å². The third-order valence-electron chi connectivity index (χ3n) is 4.71. The van der Waals surface area contributed by atoms with E-state index in [4.69, 9.17) is 16.6 Å². The Morgan fingerprint density at radius 2 is 1.82 bits per heavy atom. The van der Waals surface area contributed by atoms with Crippen molar-refractivity contribution in [2.75, 3.05) is 23.4 Å². The molecular weight excluding hydrogens is 444 g/mol. The van der Waals surface area contributed by atoms with Gasteiger partial charge in [0.15, 0.2) is 17.0 Å². The molecule has 176 valence electrons. The van der Waals surface area contributed by atoms with Gasteiger partial charge in [0, 0.05) is 24.4 Å². The number of nitrogen functional groups attached to an aromatic ring is 2. The van der Waals surface area contributed by atoms with Crippen LogP contribution in [0.4, 0.5) is 17.5 Å². The topological polar surface area (TPSA) is 211 Å². The van der Waals surface area contributed by atoms with Gasteiger partial charge in [0.2, 0.25) is 5.95 Å². The fraction of sp³-hybridized carbons (Fsp3) is 0.190. The average Bonchev–Trinajstić information content (AvgIpc) is 2.78. The van der Waals surface area contributed by atoms with Crippen LogP contribution in [0.15, 0.2) is 42.6 Å². The first-order chi connectivity index (χ1) is 16.1. The highest BCUT2D eigenvalue weighted by atomic mass is 16.4. The molecule has 0 bridgehead atoms. The molecule has 0 saturated carbocycles. The Kier molecular flexibility index (Phi) is 7.16. The van der Waals surface area contributed by atoms with Gasteiger partial charge in [-0.1, -0.05) is 6.08 Å². The number of nitrogens with one attached hydrogen (secondary N) is 1. The van der Waals surface area contributed by atoms with Crippen molar-refractivity contribution < 1.29 is 24.6 Å². The van der Waals surface area contributed by atoms with Gasteiger partial charge < -0.3 is 31.9 Å². The minimum atomic E-state index is -1.27. The van der Waals surface area contributed by atoms with E-state index in [0.717, 1.165) is 11.8 Å². The first-order valence-electron chi connectivity index (χ1n) is 9.93. The molecule has 1 unspecified atom stereocenters. The zero-order chi connectivity index (χ0) is 24.8. The van der Waals surface area contributed by atoms with Crippen molar-refractivity contribution in [3.05, 3.63) is 53.9 Å². The van der Waals surface area contributed by atoms with E-state index in [-0.39, 0.29) is 23.8 Å². The highest BCUT2D eigenvalue weighted by molar-refractivity contribution is 5.97. The van der Waals surface area contributed by atoms with Crippen molar-refractivity contribution in [2.24, 2.45) is 0 Å². The van der Waals surface area contributed by atoms with Gasteiger partial charge in [-0.2, -0.15) is 9.97 Å². The van der Waals surface area contributed by atoms with Crippen LogP contribution in [0.5, 0.6) is 0 Å². The van der Waals surface area contributed by atoms with Crippen LogP contribution in [0.2, 0.25) is 0 Å². The number of nitrogens with zero attached hydrogens (tertiary/aromatic N) is 5. The lowest BCUT2D eigenvalue weighted by Gasteiger charge is -2.19. The molecule has 3 rings (SSSR count). The zero-order valence-electron chi connectivity index (χ0n) is 18.0. The van der Waals surface area contributed by atoms with E-state index >= 15 is 0 Å². The Morgan fingerprint density at radius 3 is 2.47 bits per heavy atom. The number of carboxylic acids is 2. The van der Waals surface area contributed by atoms with Gasteiger partial charge >= 0.3 is 11.9 Å². The highest BCUT2D eigenvalue weighted by Crippen LogP contribution is 2.19. The van der Waals surface area contributed by atoms with E-state index in [9.17, 15) is 19.5 Å². The second-order valence-electron chi connectivity index (χ2n) is 7.24. The van der Waals surface area contributed by atoms with Crippen molar-refractivity contribution in [3.63, 3.8) is 0 Å². The predicted octanol–water partition coefficient (Wildman–Crippen LogP) is 0.435. The van der Waals surface area contributed by atoms with Gasteiger partial charge in [-0.05, 0) is 30.7 Å². The van der Waals surface area contributed by atoms with Crippen molar-refractivity contribution in [1.29, 1.82) is 0 Å². The van der Waals surface area contributed by atoms with Crippen LogP contribution < -0.4 is 21.7 Å². The molecule has 1 amide bonds. The number of carbonyl (C=O) groups excluding carboxylic acids is 1. The molecule has 1 atom stereocenters. The molecule has 3 aromatic rings. The summed E-state index contributed by atoms with van der Waals surface area (Å²) in [5.41, 5.74) is 13.7. The fourth-order valence-electron chi connectivity index (χ4n) is 3.03. The summed E-state index contributed by atoms with van der Waals surface area (Å²) in [5, 5.41) is 20.2. The minimum Gasteiger partial charge on any atom is -0.480 e. The maximum Gasteiger partial charge on any atom is 0.327 e. The summed E-state index contributed by atoms with van der Waals surface area (Å²) in [6, 6.07) is 5.23. The Morgan fingerprint density at radius 1 is 1.12 bits per heavy atom. The maximum atomic E-state index is 12.4. The lowest BCUT2D eigenvalue weighted by molar-refractivity contribution is -0.139. The quantitative estimate of drug-likeness (QED) is 0.272. The minimum absolute atomic E-state index is 0.0136.